The Hall–Kier alpha value is -2.84. The van der Waals surface area contributed by atoms with Gasteiger partial charge in [0.15, 0.2) is 0 Å². The van der Waals surface area contributed by atoms with E-state index >= 15 is 0 Å². The van der Waals surface area contributed by atoms with Crippen LogP contribution >= 0.6 is 23.2 Å². The number of ether oxygens (including phenoxy) is 2. The zero-order chi connectivity index (χ0) is 25.6. The number of hydrogen-bond acceptors (Lipinski definition) is 6. The number of carbonyl (C=O) groups is 2. The van der Waals surface area contributed by atoms with Crippen molar-refractivity contribution in [2.75, 3.05) is 26.2 Å². The second-order valence-corrected chi connectivity index (χ2v) is 8.55. The zero-order valence-corrected chi connectivity index (χ0v) is 19.7. The number of alkyl halides is 3. The van der Waals surface area contributed by atoms with E-state index in [0.717, 1.165) is 5.56 Å². The third-order valence-electron chi connectivity index (χ3n) is 5.15. The number of nitriles is 1. The molecule has 0 aliphatic carbocycles. The maximum absolute atomic E-state index is 12.8. The molecule has 1 aliphatic rings. The number of carbonyl (C=O) groups excluding carboxylic acids is 2. The van der Waals surface area contributed by atoms with Gasteiger partial charge < -0.3 is 14.8 Å². The van der Waals surface area contributed by atoms with Crippen LogP contribution in [0.3, 0.4) is 0 Å². The van der Waals surface area contributed by atoms with Crippen LogP contribution in [0.4, 0.5) is 13.2 Å². The Morgan fingerprint density at radius 1 is 1.20 bits per heavy atom. The Labute approximate surface area is 209 Å². The number of nitrogens with zero attached hydrogens (tertiary/aromatic N) is 2. The van der Waals surface area contributed by atoms with E-state index < -0.39 is 30.3 Å². The van der Waals surface area contributed by atoms with Crippen molar-refractivity contribution in [1.29, 1.82) is 5.26 Å². The van der Waals surface area contributed by atoms with E-state index in [9.17, 15) is 22.8 Å². The molecule has 0 aromatic heterocycles. The van der Waals surface area contributed by atoms with E-state index in [-0.39, 0.29) is 17.7 Å². The first kappa shape index (κ1) is 26.8. The second-order valence-electron chi connectivity index (χ2n) is 7.74. The van der Waals surface area contributed by atoms with E-state index in [1.165, 1.54) is 24.3 Å². The number of nitrogens with one attached hydrogen (secondary N) is 1. The first-order valence-corrected chi connectivity index (χ1v) is 11.2. The lowest BCUT2D eigenvalue weighted by atomic mass is 10.1. The van der Waals surface area contributed by atoms with Crippen LogP contribution in [-0.2, 0) is 25.6 Å². The van der Waals surface area contributed by atoms with E-state index in [1.807, 2.05) is 12.1 Å². The molecule has 1 amide bonds. The molecule has 2 atom stereocenters. The van der Waals surface area contributed by atoms with Crippen LogP contribution in [0.25, 0.3) is 0 Å². The SMILES string of the molecule is N#Cc1ccc(C(OC(=O)C(F)(F)F)C(=O)NCC2CN(Cc3ccc(Cl)c(Cl)c3)CCO2)cc1. The average Bonchev–Trinajstić information content (AvgIpc) is 2.83. The molecule has 1 aliphatic heterocycles. The molecule has 1 heterocycles. The van der Waals surface area contributed by atoms with Crippen molar-refractivity contribution in [2.24, 2.45) is 0 Å². The van der Waals surface area contributed by atoms with Crippen LogP contribution < -0.4 is 5.32 Å². The van der Waals surface area contributed by atoms with Crippen molar-refractivity contribution in [2.45, 2.75) is 24.9 Å². The van der Waals surface area contributed by atoms with E-state index in [0.29, 0.717) is 36.3 Å². The second kappa shape index (κ2) is 11.7. The molecule has 2 unspecified atom stereocenters. The summed E-state index contributed by atoms with van der Waals surface area (Å²) in [5, 5.41) is 12.3. The topological polar surface area (TPSA) is 91.7 Å². The highest BCUT2D eigenvalue weighted by molar-refractivity contribution is 6.42. The molecular formula is C23H20Cl2F3N3O4. The molecular weight excluding hydrogens is 510 g/mol. The van der Waals surface area contributed by atoms with Gasteiger partial charge in [-0.05, 0) is 29.8 Å². The van der Waals surface area contributed by atoms with Gasteiger partial charge in [-0.15, -0.1) is 0 Å². The van der Waals surface area contributed by atoms with Crippen molar-refractivity contribution in [1.82, 2.24) is 10.2 Å². The minimum Gasteiger partial charge on any atom is -0.441 e. The fourth-order valence-electron chi connectivity index (χ4n) is 3.43. The molecule has 12 heteroatoms. The van der Waals surface area contributed by atoms with Gasteiger partial charge in [0.2, 0.25) is 6.10 Å². The third kappa shape index (κ3) is 7.57. The van der Waals surface area contributed by atoms with Gasteiger partial charge in [-0.1, -0.05) is 41.4 Å². The van der Waals surface area contributed by atoms with Crippen LogP contribution in [0.1, 0.15) is 22.8 Å². The molecule has 0 spiro atoms. The van der Waals surface area contributed by atoms with Crippen molar-refractivity contribution in [3.05, 3.63) is 69.2 Å². The summed E-state index contributed by atoms with van der Waals surface area (Å²) in [6.07, 6.45) is -7.58. The van der Waals surface area contributed by atoms with Crippen LogP contribution in [0.2, 0.25) is 10.0 Å². The minimum atomic E-state index is -5.28. The summed E-state index contributed by atoms with van der Waals surface area (Å²) in [7, 11) is 0. The molecule has 1 saturated heterocycles. The quantitative estimate of drug-likeness (QED) is 0.544. The molecule has 0 radical (unpaired) electrons. The Kier molecular flexibility index (Phi) is 8.97. The first-order valence-electron chi connectivity index (χ1n) is 10.4. The van der Waals surface area contributed by atoms with Gasteiger partial charge in [0.1, 0.15) is 0 Å². The molecule has 7 nitrogen and oxygen atoms in total. The molecule has 1 N–H and O–H groups in total. The summed E-state index contributed by atoms with van der Waals surface area (Å²) in [6.45, 7) is 1.98. The molecule has 0 saturated carbocycles. The Bertz CT molecular complexity index is 1110. The minimum absolute atomic E-state index is 0.00935. The van der Waals surface area contributed by atoms with Crippen molar-refractivity contribution in [3.8, 4) is 6.07 Å². The molecule has 1 fully saturated rings. The summed E-state index contributed by atoms with van der Waals surface area (Å²) >= 11 is 12.0. The van der Waals surface area contributed by atoms with Crippen LogP contribution in [-0.4, -0.2) is 55.3 Å². The number of morpholine rings is 1. The Morgan fingerprint density at radius 3 is 2.54 bits per heavy atom. The monoisotopic (exact) mass is 529 g/mol. The summed E-state index contributed by atoms with van der Waals surface area (Å²) in [5.74, 6) is -3.44. The van der Waals surface area contributed by atoms with Crippen LogP contribution in [0.5, 0.6) is 0 Å². The Morgan fingerprint density at radius 2 is 1.91 bits per heavy atom. The maximum Gasteiger partial charge on any atom is 0.490 e. The van der Waals surface area contributed by atoms with Gasteiger partial charge in [0.05, 0.1) is 34.4 Å². The lowest BCUT2D eigenvalue weighted by molar-refractivity contribution is -0.205. The van der Waals surface area contributed by atoms with Crippen molar-refractivity contribution < 1.29 is 32.2 Å². The highest BCUT2D eigenvalue weighted by Gasteiger charge is 2.43. The smallest absolute Gasteiger partial charge is 0.441 e. The standard InChI is InChI=1S/C23H20Cl2F3N3O4/c24-18-6-3-15(9-19(18)25)12-31-7-8-34-17(13-31)11-30-21(32)20(35-22(33)23(26,27)28)16-4-1-14(10-29)2-5-16/h1-6,9,17,20H,7-8,11-13H2,(H,30,32). The van der Waals surface area contributed by atoms with E-state index in [4.69, 9.17) is 33.2 Å². The predicted molar refractivity (Wildman–Crippen MR) is 121 cm³/mol. The number of amides is 1. The van der Waals surface area contributed by atoms with Gasteiger partial charge in [0, 0.05) is 31.7 Å². The number of hydrogen-bond donors (Lipinski definition) is 1. The summed E-state index contributed by atoms with van der Waals surface area (Å²) in [6, 6.07) is 12.3. The fraction of sp³-hybridized carbons (Fsp3) is 0.348. The highest BCUT2D eigenvalue weighted by atomic mass is 35.5. The molecule has 2 aromatic carbocycles. The highest BCUT2D eigenvalue weighted by Crippen LogP contribution is 2.25. The number of esters is 1. The van der Waals surface area contributed by atoms with E-state index in [2.05, 4.69) is 15.0 Å². The molecule has 3 rings (SSSR count). The normalized spacial score (nSPS) is 17.3. The lowest BCUT2D eigenvalue weighted by Crippen LogP contribution is -2.48. The predicted octanol–water partition coefficient (Wildman–Crippen LogP) is 4.03. The fourth-order valence-corrected chi connectivity index (χ4v) is 3.75. The summed E-state index contributed by atoms with van der Waals surface area (Å²) < 4.78 is 48.4. The third-order valence-corrected chi connectivity index (χ3v) is 5.89. The number of rotatable bonds is 7. The number of halogens is 5. The largest absolute Gasteiger partial charge is 0.490 e. The van der Waals surface area contributed by atoms with Crippen LogP contribution in [0, 0.1) is 11.3 Å². The van der Waals surface area contributed by atoms with E-state index in [1.54, 1.807) is 12.1 Å². The van der Waals surface area contributed by atoms with Gasteiger partial charge in [-0.25, -0.2) is 4.79 Å². The molecule has 35 heavy (non-hydrogen) atoms. The molecule has 2 aromatic rings. The molecule has 0 bridgehead atoms. The maximum atomic E-state index is 12.8. The first-order chi connectivity index (χ1) is 16.6. The zero-order valence-electron chi connectivity index (χ0n) is 18.1. The van der Waals surface area contributed by atoms with Gasteiger partial charge >= 0.3 is 12.1 Å². The van der Waals surface area contributed by atoms with Gasteiger partial charge in [-0.2, -0.15) is 18.4 Å². The van der Waals surface area contributed by atoms with Crippen LogP contribution in [0.15, 0.2) is 42.5 Å². The average molecular weight is 530 g/mol. The molecule has 186 valence electrons. The van der Waals surface area contributed by atoms with Crippen molar-refractivity contribution >= 4 is 35.1 Å². The van der Waals surface area contributed by atoms with Gasteiger partial charge in [-0.3, -0.25) is 9.69 Å². The lowest BCUT2D eigenvalue weighted by Gasteiger charge is -2.33. The summed E-state index contributed by atoms with van der Waals surface area (Å²) in [5.41, 5.74) is 1.15. The number of benzene rings is 2. The Balaban J connectivity index is 1.63. The van der Waals surface area contributed by atoms with Crippen molar-refractivity contribution in [3.63, 3.8) is 0 Å². The summed E-state index contributed by atoms with van der Waals surface area (Å²) in [4.78, 5) is 26.2. The van der Waals surface area contributed by atoms with Gasteiger partial charge in [0.25, 0.3) is 5.91 Å².